The molecule has 2 aromatic heterocycles. The summed E-state index contributed by atoms with van der Waals surface area (Å²) in [5.41, 5.74) is 4.07. The van der Waals surface area contributed by atoms with Gasteiger partial charge < -0.3 is 18.9 Å². The van der Waals surface area contributed by atoms with Crippen molar-refractivity contribution in [3.63, 3.8) is 0 Å². The molecule has 0 radical (unpaired) electrons. The first-order valence-corrected chi connectivity index (χ1v) is 7.87. The summed E-state index contributed by atoms with van der Waals surface area (Å²) in [4.78, 5) is 4.51. The van der Waals surface area contributed by atoms with E-state index in [0.717, 1.165) is 27.4 Å². The molecule has 2 heterocycles. The van der Waals surface area contributed by atoms with E-state index in [2.05, 4.69) is 4.98 Å². The summed E-state index contributed by atoms with van der Waals surface area (Å²) in [6, 6.07) is 18.5. The van der Waals surface area contributed by atoms with Crippen LogP contribution in [0, 0.1) is 0 Å². The first-order valence-electron chi connectivity index (χ1n) is 7.87. The zero-order valence-electron chi connectivity index (χ0n) is 13.0. The molecule has 0 spiro atoms. The van der Waals surface area contributed by atoms with Crippen molar-refractivity contribution >= 4 is 45.6 Å². The maximum absolute atomic E-state index is 9.31. The minimum absolute atomic E-state index is 0.394. The Morgan fingerprint density at radius 1 is 0.760 bits per heavy atom. The first kappa shape index (κ1) is 14.3. The monoisotopic (exact) mass is 329 g/mol. The molecule has 0 aliphatic rings. The Bertz CT molecular complexity index is 1210. The molecular weight excluding hydrogens is 317 g/mol. The van der Waals surface area contributed by atoms with Crippen molar-refractivity contribution in [3.8, 4) is 11.5 Å². The molecule has 0 saturated carbocycles. The molecule has 25 heavy (non-hydrogen) atoms. The van der Waals surface area contributed by atoms with Crippen LogP contribution >= 0.6 is 0 Å². The highest BCUT2D eigenvalue weighted by Gasteiger charge is 2.15. The molecule has 0 fully saturated rings. The van der Waals surface area contributed by atoms with Crippen LogP contribution < -0.4 is 5.46 Å². The van der Waals surface area contributed by atoms with E-state index in [1.165, 1.54) is 0 Å². The van der Waals surface area contributed by atoms with Crippen molar-refractivity contribution in [2.45, 2.75) is 0 Å². The van der Waals surface area contributed by atoms with Gasteiger partial charge in [-0.1, -0.05) is 24.3 Å². The van der Waals surface area contributed by atoms with Crippen molar-refractivity contribution in [1.82, 2.24) is 4.98 Å². The highest BCUT2D eigenvalue weighted by Crippen LogP contribution is 2.32. The average Bonchev–Trinajstić information content (AvgIpc) is 3.21. The van der Waals surface area contributed by atoms with Crippen LogP contribution in [0.2, 0.25) is 0 Å². The van der Waals surface area contributed by atoms with Crippen LogP contribution in [0.15, 0.2) is 69.5 Å². The number of para-hydroxylation sites is 2. The van der Waals surface area contributed by atoms with E-state index in [4.69, 9.17) is 8.83 Å². The number of hydrogen-bond acceptors (Lipinski definition) is 5. The van der Waals surface area contributed by atoms with Gasteiger partial charge in [0.2, 0.25) is 5.89 Å². The number of benzene rings is 3. The van der Waals surface area contributed by atoms with Crippen LogP contribution in [0.5, 0.6) is 0 Å². The third-order valence-corrected chi connectivity index (χ3v) is 4.34. The van der Waals surface area contributed by atoms with Crippen molar-refractivity contribution in [3.05, 3.63) is 60.7 Å². The highest BCUT2D eigenvalue weighted by atomic mass is 16.4. The first-order chi connectivity index (χ1) is 12.2. The highest BCUT2D eigenvalue weighted by molar-refractivity contribution is 6.58. The lowest BCUT2D eigenvalue weighted by Crippen LogP contribution is -2.29. The molecule has 0 bridgehead atoms. The molecule has 120 valence electrons. The molecule has 0 aliphatic carbocycles. The van der Waals surface area contributed by atoms with Gasteiger partial charge in [-0.25, -0.2) is 4.98 Å². The lowest BCUT2D eigenvalue weighted by Gasteiger charge is -1.97. The topological polar surface area (TPSA) is 79.6 Å². The molecule has 5 rings (SSSR count). The number of nitrogens with zero attached hydrogens (tertiary/aromatic N) is 1. The van der Waals surface area contributed by atoms with Crippen LogP contribution in [0.4, 0.5) is 0 Å². The Morgan fingerprint density at radius 3 is 2.32 bits per heavy atom. The van der Waals surface area contributed by atoms with Crippen molar-refractivity contribution in [2.24, 2.45) is 0 Å². The van der Waals surface area contributed by atoms with Gasteiger partial charge >= 0.3 is 7.12 Å². The predicted octanol–water partition coefficient (Wildman–Crippen LogP) is 3.07. The minimum atomic E-state index is -1.52. The number of rotatable bonds is 2. The third kappa shape index (κ3) is 2.23. The smallest absolute Gasteiger partial charge is 0.456 e. The third-order valence-electron chi connectivity index (χ3n) is 4.34. The van der Waals surface area contributed by atoms with E-state index >= 15 is 0 Å². The molecule has 3 aromatic carbocycles. The summed E-state index contributed by atoms with van der Waals surface area (Å²) in [6.07, 6.45) is 0. The standard InChI is InChI=1S/C19H12BNO4/c22-20(23)12-6-8-14-13-7-5-11(9-17(13)24-18(14)10-12)19-21-15-3-1-2-4-16(15)25-19/h1-10,22-23H. The Morgan fingerprint density at radius 2 is 1.52 bits per heavy atom. The molecule has 2 N–H and O–H groups in total. The van der Waals surface area contributed by atoms with Crippen molar-refractivity contribution in [2.75, 3.05) is 0 Å². The van der Waals surface area contributed by atoms with Gasteiger partial charge in [0.15, 0.2) is 5.58 Å². The lowest BCUT2D eigenvalue weighted by molar-refractivity contribution is 0.425. The molecule has 5 aromatic rings. The van der Waals surface area contributed by atoms with Gasteiger partial charge in [-0.15, -0.1) is 0 Å². The Hall–Kier alpha value is -3.09. The van der Waals surface area contributed by atoms with Crippen molar-refractivity contribution in [1.29, 1.82) is 0 Å². The average molecular weight is 329 g/mol. The van der Waals surface area contributed by atoms with Gasteiger partial charge in [-0.05, 0) is 41.9 Å². The fraction of sp³-hybridized carbons (Fsp3) is 0. The van der Waals surface area contributed by atoms with Crippen molar-refractivity contribution < 1.29 is 18.9 Å². The Labute approximate surface area is 142 Å². The number of hydrogen-bond donors (Lipinski definition) is 2. The summed E-state index contributed by atoms with van der Waals surface area (Å²) < 4.78 is 11.7. The van der Waals surface area contributed by atoms with Gasteiger partial charge in [0.25, 0.3) is 0 Å². The molecule has 6 heteroatoms. The van der Waals surface area contributed by atoms with E-state index in [1.54, 1.807) is 12.1 Å². The van der Waals surface area contributed by atoms with Crippen LogP contribution in [0.1, 0.15) is 0 Å². The second-order valence-electron chi connectivity index (χ2n) is 5.93. The van der Waals surface area contributed by atoms with Gasteiger partial charge in [-0.2, -0.15) is 0 Å². The predicted molar refractivity (Wildman–Crippen MR) is 96.5 cm³/mol. The van der Waals surface area contributed by atoms with Crippen LogP contribution in [-0.2, 0) is 0 Å². The van der Waals surface area contributed by atoms with E-state index < -0.39 is 7.12 Å². The molecule has 5 nitrogen and oxygen atoms in total. The SMILES string of the molecule is OB(O)c1ccc2c(c1)oc1cc(-c3nc4ccccc4o3)ccc12. The largest absolute Gasteiger partial charge is 0.488 e. The molecule has 0 aliphatic heterocycles. The van der Waals surface area contributed by atoms with E-state index in [1.807, 2.05) is 48.5 Å². The van der Waals surface area contributed by atoms with E-state index in [9.17, 15) is 10.0 Å². The summed E-state index contributed by atoms with van der Waals surface area (Å²) in [7, 11) is -1.52. The fourth-order valence-electron chi connectivity index (χ4n) is 3.08. The number of furan rings is 1. The fourth-order valence-corrected chi connectivity index (χ4v) is 3.08. The molecule has 0 unspecified atom stereocenters. The summed E-state index contributed by atoms with van der Waals surface area (Å²) in [5, 5.41) is 20.5. The van der Waals surface area contributed by atoms with Crippen LogP contribution in [0.3, 0.4) is 0 Å². The Balaban J connectivity index is 1.69. The quantitative estimate of drug-likeness (QED) is 0.487. The molecule has 0 atom stereocenters. The molecule has 0 amide bonds. The summed E-state index contributed by atoms with van der Waals surface area (Å²) in [6.45, 7) is 0. The maximum atomic E-state index is 9.31. The molecular formula is C19H12BNO4. The zero-order valence-corrected chi connectivity index (χ0v) is 13.0. The van der Waals surface area contributed by atoms with Crippen LogP contribution in [0.25, 0.3) is 44.5 Å². The Kier molecular flexibility index (Phi) is 2.97. The summed E-state index contributed by atoms with van der Waals surface area (Å²) in [5.74, 6) is 0.537. The lowest BCUT2D eigenvalue weighted by atomic mass is 9.80. The summed E-state index contributed by atoms with van der Waals surface area (Å²) >= 11 is 0. The maximum Gasteiger partial charge on any atom is 0.488 e. The molecule has 0 saturated heterocycles. The number of fused-ring (bicyclic) bond motifs is 4. The second kappa shape index (κ2) is 5.21. The zero-order chi connectivity index (χ0) is 17.0. The van der Waals surface area contributed by atoms with Gasteiger partial charge in [0.05, 0.1) is 0 Å². The second-order valence-corrected chi connectivity index (χ2v) is 5.93. The van der Waals surface area contributed by atoms with E-state index in [-0.39, 0.29) is 0 Å². The van der Waals surface area contributed by atoms with E-state index in [0.29, 0.717) is 22.5 Å². The number of oxazole rings is 1. The van der Waals surface area contributed by atoms with Gasteiger partial charge in [-0.3, -0.25) is 0 Å². The minimum Gasteiger partial charge on any atom is -0.456 e. The van der Waals surface area contributed by atoms with Crippen LogP contribution in [-0.4, -0.2) is 22.2 Å². The normalized spacial score (nSPS) is 11.6. The van der Waals surface area contributed by atoms with Gasteiger partial charge in [0, 0.05) is 16.3 Å². The number of aromatic nitrogens is 1. The van der Waals surface area contributed by atoms with Gasteiger partial charge in [0.1, 0.15) is 16.7 Å².